The van der Waals surface area contributed by atoms with Crippen molar-refractivity contribution >= 4 is 22.5 Å². The number of aromatic nitrogens is 3. The number of nitrogens with zero attached hydrogens (tertiary/aromatic N) is 3. The minimum absolute atomic E-state index is 0.190. The van der Waals surface area contributed by atoms with Crippen LogP contribution in [0.15, 0.2) is 73.1 Å². The van der Waals surface area contributed by atoms with Gasteiger partial charge in [0.1, 0.15) is 5.69 Å². The first kappa shape index (κ1) is 17.8. The zero-order valence-corrected chi connectivity index (χ0v) is 15.5. The number of hydrogen-bond donors (Lipinski definition) is 0. The normalized spacial score (nSPS) is 10.9. The molecule has 0 aliphatic heterocycles. The number of aryl methyl sites for hydroxylation is 1. The van der Waals surface area contributed by atoms with E-state index in [1.807, 2.05) is 66.3 Å². The fraction of sp³-hybridized carbons (Fsp3) is 0.130. The maximum atomic E-state index is 12.6. The van der Waals surface area contributed by atoms with Crippen LogP contribution in [0.1, 0.15) is 38.4 Å². The van der Waals surface area contributed by atoms with Crippen LogP contribution in [0, 0.1) is 6.92 Å². The van der Waals surface area contributed by atoms with Crippen molar-refractivity contribution in [3.63, 3.8) is 0 Å². The lowest BCUT2D eigenvalue weighted by atomic mass is 10.0. The van der Waals surface area contributed by atoms with E-state index in [4.69, 9.17) is 0 Å². The molecule has 5 nitrogen and oxygen atoms in total. The lowest BCUT2D eigenvalue weighted by Gasteiger charge is -2.07. The maximum absolute atomic E-state index is 12.6. The molecule has 5 heteroatoms. The molecule has 0 saturated carbocycles. The van der Waals surface area contributed by atoms with Gasteiger partial charge in [0.2, 0.25) is 0 Å². The Balaban J connectivity index is 1.51. The van der Waals surface area contributed by atoms with Gasteiger partial charge in [-0.25, -0.2) is 0 Å². The van der Waals surface area contributed by atoms with E-state index in [0.29, 0.717) is 17.8 Å². The van der Waals surface area contributed by atoms with Crippen molar-refractivity contribution in [3.05, 3.63) is 95.4 Å². The van der Waals surface area contributed by atoms with Crippen LogP contribution in [0.25, 0.3) is 10.9 Å². The fourth-order valence-corrected chi connectivity index (χ4v) is 3.20. The zero-order valence-electron chi connectivity index (χ0n) is 15.5. The Morgan fingerprint density at radius 2 is 1.82 bits per heavy atom. The minimum Gasteiger partial charge on any atom is -0.294 e. The molecule has 0 radical (unpaired) electrons. The van der Waals surface area contributed by atoms with E-state index in [9.17, 15) is 9.59 Å². The average Bonchev–Trinajstić information content (AvgIpc) is 3.11. The summed E-state index contributed by atoms with van der Waals surface area (Å²) in [5, 5.41) is 5.51. The van der Waals surface area contributed by atoms with Gasteiger partial charge in [-0.2, -0.15) is 5.10 Å². The first-order chi connectivity index (χ1) is 13.6. The van der Waals surface area contributed by atoms with Gasteiger partial charge >= 0.3 is 0 Å². The van der Waals surface area contributed by atoms with Crippen molar-refractivity contribution in [3.8, 4) is 0 Å². The Hall–Kier alpha value is -3.60. The predicted molar refractivity (Wildman–Crippen MR) is 108 cm³/mol. The topological polar surface area (TPSA) is 64.8 Å². The van der Waals surface area contributed by atoms with E-state index >= 15 is 0 Å². The molecular formula is C23H19N3O2. The smallest absolute Gasteiger partial charge is 0.188 e. The van der Waals surface area contributed by atoms with Gasteiger partial charge in [-0.05, 0) is 42.3 Å². The van der Waals surface area contributed by atoms with Crippen molar-refractivity contribution in [1.29, 1.82) is 0 Å². The third kappa shape index (κ3) is 3.74. The fourth-order valence-electron chi connectivity index (χ4n) is 3.20. The Morgan fingerprint density at radius 1 is 0.964 bits per heavy atom. The highest BCUT2D eigenvalue weighted by Crippen LogP contribution is 2.16. The molecule has 2 aromatic heterocycles. The van der Waals surface area contributed by atoms with Gasteiger partial charge in [0.15, 0.2) is 11.6 Å². The molecule has 0 spiro atoms. The van der Waals surface area contributed by atoms with Crippen molar-refractivity contribution in [1.82, 2.24) is 14.8 Å². The lowest BCUT2D eigenvalue weighted by molar-refractivity contribution is 0.0891. The summed E-state index contributed by atoms with van der Waals surface area (Å²) >= 11 is 0. The van der Waals surface area contributed by atoms with Gasteiger partial charge in [0, 0.05) is 17.1 Å². The Labute approximate surface area is 162 Å². The number of benzene rings is 2. The van der Waals surface area contributed by atoms with E-state index < -0.39 is 0 Å². The highest BCUT2D eigenvalue weighted by Gasteiger charge is 2.15. The molecule has 28 heavy (non-hydrogen) atoms. The highest BCUT2D eigenvalue weighted by atomic mass is 16.1. The number of carbonyl (C=O) groups excluding carboxylic acids is 2. The van der Waals surface area contributed by atoms with Crippen LogP contribution < -0.4 is 0 Å². The molecule has 0 saturated heterocycles. The zero-order chi connectivity index (χ0) is 19.5. The first-order valence-electron chi connectivity index (χ1n) is 9.09. The van der Waals surface area contributed by atoms with Crippen molar-refractivity contribution in [2.45, 2.75) is 19.9 Å². The van der Waals surface area contributed by atoms with Crippen molar-refractivity contribution < 1.29 is 9.59 Å². The Bertz CT molecular complexity index is 1180. The summed E-state index contributed by atoms with van der Waals surface area (Å²) in [4.78, 5) is 29.0. The van der Waals surface area contributed by atoms with Gasteiger partial charge in [-0.1, -0.05) is 36.4 Å². The van der Waals surface area contributed by atoms with Crippen LogP contribution in [0.2, 0.25) is 0 Å². The molecule has 138 valence electrons. The SMILES string of the molecule is Cc1ccnc(C(=O)CC(=O)c2cccc(Cn3ncc4ccccc43)c2)c1. The largest absolute Gasteiger partial charge is 0.294 e. The quantitative estimate of drug-likeness (QED) is 0.377. The molecular weight excluding hydrogens is 350 g/mol. The van der Waals surface area contributed by atoms with Gasteiger partial charge in [0.05, 0.1) is 24.7 Å². The highest BCUT2D eigenvalue weighted by molar-refractivity contribution is 6.12. The molecule has 0 aliphatic carbocycles. The van der Waals surface area contributed by atoms with Crippen LogP contribution >= 0.6 is 0 Å². The first-order valence-corrected chi connectivity index (χ1v) is 9.09. The second kappa shape index (κ2) is 7.56. The summed E-state index contributed by atoms with van der Waals surface area (Å²) in [6.07, 6.45) is 3.23. The van der Waals surface area contributed by atoms with E-state index in [1.54, 1.807) is 18.3 Å². The molecule has 0 unspecified atom stereocenters. The van der Waals surface area contributed by atoms with E-state index in [0.717, 1.165) is 22.0 Å². The monoisotopic (exact) mass is 369 g/mol. The summed E-state index contributed by atoms with van der Waals surface area (Å²) in [5.41, 5.74) is 3.79. The van der Waals surface area contributed by atoms with Crippen LogP contribution in [0.4, 0.5) is 0 Å². The van der Waals surface area contributed by atoms with Gasteiger partial charge in [-0.15, -0.1) is 0 Å². The molecule has 0 atom stereocenters. The predicted octanol–water partition coefficient (Wildman–Crippen LogP) is 4.24. The summed E-state index contributed by atoms with van der Waals surface area (Å²) in [5.74, 6) is -0.474. The number of pyridine rings is 1. The molecule has 0 aliphatic rings. The van der Waals surface area contributed by atoms with Crippen LogP contribution in [0.5, 0.6) is 0 Å². The lowest BCUT2D eigenvalue weighted by Crippen LogP contribution is -2.11. The van der Waals surface area contributed by atoms with Crippen molar-refractivity contribution in [2.75, 3.05) is 0 Å². The molecule has 4 aromatic rings. The van der Waals surface area contributed by atoms with E-state index in [2.05, 4.69) is 10.1 Å². The number of rotatable bonds is 6. The van der Waals surface area contributed by atoms with E-state index in [-0.39, 0.29) is 18.0 Å². The van der Waals surface area contributed by atoms with Gasteiger partial charge in [0.25, 0.3) is 0 Å². The number of fused-ring (bicyclic) bond motifs is 1. The van der Waals surface area contributed by atoms with Crippen LogP contribution in [-0.2, 0) is 6.54 Å². The standard InChI is InChI=1S/C23H19N3O2/c1-16-9-10-24-20(11-16)23(28)13-22(27)18-7-4-5-17(12-18)15-26-21-8-3-2-6-19(21)14-25-26/h2-12,14H,13,15H2,1H3. The Morgan fingerprint density at radius 3 is 2.68 bits per heavy atom. The van der Waals surface area contributed by atoms with Gasteiger partial charge in [-0.3, -0.25) is 19.3 Å². The number of Topliss-reactive ketones (excluding diaryl/α,β-unsaturated/α-hetero) is 2. The molecule has 2 aromatic carbocycles. The number of para-hydroxylation sites is 1. The molecule has 2 heterocycles. The summed E-state index contributed by atoms with van der Waals surface area (Å²) in [7, 11) is 0. The third-order valence-electron chi connectivity index (χ3n) is 4.65. The Kier molecular flexibility index (Phi) is 4.81. The van der Waals surface area contributed by atoms with Gasteiger partial charge < -0.3 is 0 Å². The second-order valence-corrected chi connectivity index (χ2v) is 6.80. The number of ketones is 2. The maximum Gasteiger partial charge on any atom is 0.188 e. The molecule has 0 bridgehead atoms. The van der Waals surface area contributed by atoms with Crippen LogP contribution in [-0.4, -0.2) is 26.3 Å². The van der Waals surface area contributed by atoms with Crippen molar-refractivity contribution in [2.24, 2.45) is 0 Å². The molecule has 4 rings (SSSR count). The summed E-state index contributed by atoms with van der Waals surface area (Å²) in [6.45, 7) is 2.45. The summed E-state index contributed by atoms with van der Waals surface area (Å²) in [6, 6.07) is 18.9. The molecule has 0 amide bonds. The molecule has 0 N–H and O–H groups in total. The average molecular weight is 369 g/mol. The molecule has 0 fully saturated rings. The van der Waals surface area contributed by atoms with Crippen LogP contribution in [0.3, 0.4) is 0 Å². The number of carbonyl (C=O) groups is 2. The second-order valence-electron chi connectivity index (χ2n) is 6.80. The summed E-state index contributed by atoms with van der Waals surface area (Å²) < 4.78 is 1.90. The number of hydrogen-bond acceptors (Lipinski definition) is 4. The van der Waals surface area contributed by atoms with E-state index in [1.165, 1.54) is 0 Å². The minimum atomic E-state index is -0.267. The third-order valence-corrected chi connectivity index (χ3v) is 4.65.